The number of unbranched alkanes of at least 4 members (excludes halogenated alkanes) is 3. The molecule has 0 aliphatic rings. The summed E-state index contributed by atoms with van der Waals surface area (Å²) in [4.78, 5) is 0. The number of hydrogen-bond donors (Lipinski definition) is 0. The second-order valence-corrected chi connectivity index (χ2v) is 11.0. The minimum Gasteiger partial charge on any atom is -1.00 e. The van der Waals surface area contributed by atoms with Crippen LogP contribution in [0.15, 0.2) is 48.8 Å². The lowest BCUT2D eigenvalue weighted by atomic mass is 10.1. The number of rotatable bonds is 13. The third-order valence-electron chi connectivity index (χ3n) is 4.81. The SMILES string of the molecule is C=CC/C(=C\[P+](CCCC)(CCCC)CCCC)c1ccccc1.[Br-]. The first-order valence-corrected chi connectivity index (χ1v) is 12.4. The van der Waals surface area contributed by atoms with Crippen LogP contribution in [0.5, 0.6) is 0 Å². The lowest BCUT2D eigenvalue weighted by Gasteiger charge is -2.25. The first kappa shape index (κ1) is 24.6. The maximum Gasteiger partial charge on any atom is 0.0635 e. The summed E-state index contributed by atoms with van der Waals surface area (Å²) in [6, 6.07) is 11.0. The zero-order chi connectivity index (χ0) is 17.7. The molecular weight excluding hydrogens is 387 g/mol. The van der Waals surface area contributed by atoms with E-state index in [1.807, 2.05) is 0 Å². The van der Waals surface area contributed by atoms with Gasteiger partial charge in [-0.15, -0.1) is 6.58 Å². The molecule has 0 fully saturated rings. The van der Waals surface area contributed by atoms with Crippen molar-refractivity contribution in [1.82, 2.24) is 0 Å². The minimum atomic E-state index is -1.01. The molecule has 0 saturated heterocycles. The summed E-state index contributed by atoms with van der Waals surface area (Å²) in [6.45, 7) is 11.0. The molecule has 1 aromatic carbocycles. The van der Waals surface area contributed by atoms with E-state index >= 15 is 0 Å². The van der Waals surface area contributed by atoms with Gasteiger partial charge in [-0.25, -0.2) is 0 Å². The largest absolute Gasteiger partial charge is 1.00 e. The molecule has 0 bridgehead atoms. The fraction of sp³-hybridized carbons (Fsp3) is 0.565. The molecule has 1 aromatic rings. The normalized spacial score (nSPS) is 11.9. The Morgan fingerprint density at radius 2 is 1.36 bits per heavy atom. The molecule has 0 radical (unpaired) electrons. The molecule has 0 aromatic heterocycles. The second-order valence-electron chi connectivity index (χ2n) is 6.96. The molecule has 2 heteroatoms. The summed E-state index contributed by atoms with van der Waals surface area (Å²) in [7, 11) is -1.01. The molecule has 0 spiro atoms. The molecule has 0 unspecified atom stereocenters. The molecule has 1 rings (SSSR count). The van der Waals surface area contributed by atoms with Crippen LogP contribution in [0.2, 0.25) is 0 Å². The predicted octanol–water partition coefficient (Wildman–Crippen LogP) is 5.03. The van der Waals surface area contributed by atoms with Crippen LogP contribution in [0, 0.1) is 0 Å². The van der Waals surface area contributed by atoms with Gasteiger partial charge in [-0.3, -0.25) is 0 Å². The Kier molecular flexibility index (Phi) is 14.5. The fourth-order valence-corrected chi connectivity index (χ4v) is 8.14. The summed E-state index contributed by atoms with van der Waals surface area (Å²) in [6.07, 6.45) is 15.5. The van der Waals surface area contributed by atoms with Crippen molar-refractivity contribution in [3.05, 3.63) is 54.4 Å². The van der Waals surface area contributed by atoms with Crippen molar-refractivity contribution < 1.29 is 17.0 Å². The molecule has 0 saturated carbocycles. The van der Waals surface area contributed by atoms with Gasteiger partial charge in [-0.2, -0.15) is 0 Å². The van der Waals surface area contributed by atoms with Crippen molar-refractivity contribution >= 4 is 12.8 Å². The van der Waals surface area contributed by atoms with Crippen LogP contribution in [0.1, 0.15) is 71.3 Å². The summed E-state index contributed by atoms with van der Waals surface area (Å²) < 4.78 is 0. The molecule has 0 nitrogen and oxygen atoms in total. The third kappa shape index (κ3) is 9.20. The maximum absolute atomic E-state index is 4.01. The highest BCUT2D eigenvalue weighted by Gasteiger charge is 2.34. The van der Waals surface area contributed by atoms with Gasteiger partial charge in [0, 0.05) is 7.26 Å². The summed E-state index contributed by atoms with van der Waals surface area (Å²) in [5.41, 5.74) is 2.91. The molecule has 0 atom stereocenters. The number of halogens is 1. The van der Waals surface area contributed by atoms with E-state index in [1.165, 1.54) is 68.1 Å². The summed E-state index contributed by atoms with van der Waals surface area (Å²) in [5, 5.41) is 0. The summed E-state index contributed by atoms with van der Waals surface area (Å²) in [5.74, 6) is 2.75. The number of hydrogen-bond acceptors (Lipinski definition) is 0. The van der Waals surface area contributed by atoms with E-state index in [1.54, 1.807) is 0 Å². The van der Waals surface area contributed by atoms with Crippen molar-refractivity contribution in [1.29, 1.82) is 0 Å². The van der Waals surface area contributed by atoms with Crippen LogP contribution in [0.4, 0.5) is 0 Å². The average molecular weight is 425 g/mol. The van der Waals surface area contributed by atoms with Gasteiger partial charge in [0.2, 0.25) is 0 Å². The first-order valence-electron chi connectivity index (χ1n) is 9.95. The highest BCUT2D eigenvalue weighted by Crippen LogP contribution is 2.63. The zero-order valence-electron chi connectivity index (χ0n) is 16.6. The van der Waals surface area contributed by atoms with Crippen molar-refractivity contribution in [3.63, 3.8) is 0 Å². The molecule has 0 aliphatic carbocycles. The maximum atomic E-state index is 4.01. The Morgan fingerprint density at radius 3 is 1.76 bits per heavy atom. The molecule has 0 N–H and O–H groups in total. The van der Waals surface area contributed by atoms with Crippen LogP contribution in [-0.4, -0.2) is 18.5 Å². The van der Waals surface area contributed by atoms with E-state index in [4.69, 9.17) is 0 Å². The lowest BCUT2D eigenvalue weighted by Crippen LogP contribution is -3.00. The van der Waals surface area contributed by atoms with Crippen LogP contribution in [0.3, 0.4) is 0 Å². The van der Waals surface area contributed by atoms with Crippen molar-refractivity contribution in [3.8, 4) is 0 Å². The highest BCUT2D eigenvalue weighted by molar-refractivity contribution is 7.79. The Balaban J connectivity index is 0.00000576. The van der Waals surface area contributed by atoms with Crippen molar-refractivity contribution in [2.75, 3.05) is 18.5 Å². The van der Waals surface area contributed by atoms with Crippen LogP contribution >= 0.6 is 7.26 Å². The Morgan fingerprint density at radius 1 is 0.880 bits per heavy atom. The minimum absolute atomic E-state index is 0. The van der Waals surface area contributed by atoms with Gasteiger partial charge >= 0.3 is 0 Å². The molecule has 25 heavy (non-hydrogen) atoms. The van der Waals surface area contributed by atoms with Crippen molar-refractivity contribution in [2.24, 2.45) is 0 Å². The second kappa shape index (κ2) is 14.7. The highest BCUT2D eigenvalue weighted by atomic mass is 79.9. The predicted molar refractivity (Wildman–Crippen MR) is 115 cm³/mol. The van der Waals surface area contributed by atoms with Crippen LogP contribution in [-0.2, 0) is 0 Å². The van der Waals surface area contributed by atoms with E-state index in [-0.39, 0.29) is 17.0 Å². The third-order valence-corrected chi connectivity index (χ3v) is 9.29. The summed E-state index contributed by atoms with van der Waals surface area (Å²) >= 11 is 0. The topological polar surface area (TPSA) is 0 Å². The van der Waals surface area contributed by atoms with E-state index in [0.29, 0.717) is 0 Å². The molecule has 0 heterocycles. The van der Waals surface area contributed by atoms with Gasteiger partial charge < -0.3 is 17.0 Å². The smallest absolute Gasteiger partial charge is 0.0635 e. The first-order chi connectivity index (χ1) is 11.7. The van der Waals surface area contributed by atoms with Crippen molar-refractivity contribution in [2.45, 2.75) is 65.7 Å². The Bertz CT molecular complexity index is 456. The number of benzene rings is 1. The van der Waals surface area contributed by atoms with E-state index < -0.39 is 7.26 Å². The van der Waals surface area contributed by atoms with Gasteiger partial charge in [-0.05, 0) is 36.8 Å². The van der Waals surface area contributed by atoms with Gasteiger partial charge in [0.15, 0.2) is 0 Å². The number of allylic oxidation sites excluding steroid dienone is 2. The quantitative estimate of drug-likeness (QED) is 0.307. The van der Waals surface area contributed by atoms with Gasteiger partial charge in [-0.1, -0.05) is 76.4 Å². The molecule has 0 aliphatic heterocycles. The standard InChI is InChI=1S/C23H38P.BrH/c1-5-9-18-24(19-10-6-2,20-11-7-3)21-23(15-8-4)22-16-13-12-14-17-22;/h8,12-14,16-17,21H,4-7,9-11,15,18-20H2,1-3H3;1H/q+1;/p-1/b23-21+;. The lowest BCUT2D eigenvalue weighted by molar-refractivity contribution is -0.00000524. The van der Waals surface area contributed by atoms with E-state index in [2.05, 4.69) is 69.6 Å². The Labute approximate surface area is 168 Å². The van der Waals surface area contributed by atoms with Gasteiger partial charge in [0.05, 0.1) is 24.3 Å². The Hall–Kier alpha value is -0.390. The van der Waals surface area contributed by atoms with Crippen LogP contribution in [0.25, 0.3) is 5.57 Å². The van der Waals surface area contributed by atoms with E-state index in [0.717, 1.165) is 6.42 Å². The van der Waals surface area contributed by atoms with E-state index in [9.17, 15) is 0 Å². The zero-order valence-corrected chi connectivity index (χ0v) is 19.1. The fourth-order valence-electron chi connectivity index (χ4n) is 3.33. The van der Waals surface area contributed by atoms with Gasteiger partial charge in [0.25, 0.3) is 0 Å². The molecular formula is C23H38BrP. The molecule has 142 valence electrons. The average Bonchev–Trinajstić information content (AvgIpc) is 2.63. The van der Waals surface area contributed by atoms with Crippen LogP contribution < -0.4 is 17.0 Å². The molecule has 0 amide bonds. The monoisotopic (exact) mass is 424 g/mol. The van der Waals surface area contributed by atoms with Gasteiger partial charge in [0.1, 0.15) is 0 Å².